The molecule has 0 amide bonds. The average molecular weight is 185 g/mol. The van der Waals surface area contributed by atoms with Crippen molar-refractivity contribution in [2.45, 2.75) is 58.1 Å². The molecule has 1 N–H and O–H groups in total. The predicted octanol–water partition coefficient (Wildman–Crippen LogP) is 2.02. The van der Waals surface area contributed by atoms with Gasteiger partial charge in [-0.15, -0.1) is 0 Å². The molecule has 0 aromatic rings. The number of rotatable bonds is 4. The summed E-state index contributed by atoms with van der Waals surface area (Å²) in [5.74, 6) is 0. The van der Waals surface area contributed by atoms with E-state index in [0.717, 1.165) is 19.4 Å². The Bertz CT molecular complexity index is 154. The number of hydrogen-bond acceptors (Lipinski definition) is 2. The second-order valence-corrected chi connectivity index (χ2v) is 4.89. The second kappa shape index (κ2) is 4.43. The Kier molecular flexibility index (Phi) is 3.74. The molecule has 0 bridgehead atoms. The van der Waals surface area contributed by atoms with Crippen LogP contribution in [0.25, 0.3) is 0 Å². The van der Waals surface area contributed by atoms with Gasteiger partial charge in [0.05, 0.1) is 6.10 Å². The van der Waals surface area contributed by atoms with E-state index in [1.807, 2.05) is 6.92 Å². The van der Waals surface area contributed by atoms with E-state index in [0.29, 0.717) is 5.54 Å². The summed E-state index contributed by atoms with van der Waals surface area (Å²) < 4.78 is 0. The van der Waals surface area contributed by atoms with Crippen molar-refractivity contribution in [3.63, 3.8) is 0 Å². The summed E-state index contributed by atoms with van der Waals surface area (Å²) in [4.78, 5) is 2.55. The van der Waals surface area contributed by atoms with Gasteiger partial charge in [-0.3, -0.25) is 4.90 Å². The third kappa shape index (κ3) is 3.28. The molecule has 1 atom stereocenters. The first-order valence-corrected chi connectivity index (χ1v) is 5.45. The third-order valence-electron chi connectivity index (χ3n) is 3.12. The van der Waals surface area contributed by atoms with Crippen LogP contribution in [0.3, 0.4) is 0 Å². The quantitative estimate of drug-likeness (QED) is 0.724. The summed E-state index contributed by atoms with van der Waals surface area (Å²) in [6.07, 6.45) is 4.59. The van der Waals surface area contributed by atoms with Crippen LogP contribution in [0, 0.1) is 0 Å². The first-order chi connectivity index (χ1) is 6.02. The molecule has 1 aliphatic rings. The van der Waals surface area contributed by atoms with Gasteiger partial charge >= 0.3 is 0 Å². The van der Waals surface area contributed by atoms with Crippen molar-refractivity contribution in [1.29, 1.82) is 0 Å². The first-order valence-electron chi connectivity index (χ1n) is 5.45. The lowest BCUT2D eigenvalue weighted by Gasteiger charge is -2.31. The minimum absolute atomic E-state index is 0.134. The Morgan fingerprint density at radius 3 is 2.62 bits per heavy atom. The minimum Gasteiger partial charge on any atom is -0.393 e. The second-order valence-electron chi connectivity index (χ2n) is 4.89. The Labute approximate surface area is 81.9 Å². The average Bonchev–Trinajstić information content (AvgIpc) is 2.30. The minimum atomic E-state index is -0.134. The van der Waals surface area contributed by atoms with Crippen LogP contribution in [0.5, 0.6) is 0 Å². The van der Waals surface area contributed by atoms with Crippen LogP contribution in [0.2, 0.25) is 0 Å². The smallest absolute Gasteiger partial charge is 0.0512 e. The van der Waals surface area contributed by atoms with Crippen LogP contribution < -0.4 is 0 Å². The highest BCUT2D eigenvalue weighted by Gasteiger charge is 2.30. The molecule has 13 heavy (non-hydrogen) atoms. The van der Waals surface area contributed by atoms with Gasteiger partial charge in [0.25, 0.3) is 0 Å². The molecule has 2 nitrogen and oxygen atoms in total. The number of aliphatic hydroxyl groups is 1. The molecule has 78 valence electrons. The van der Waals surface area contributed by atoms with Gasteiger partial charge in [0.1, 0.15) is 0 Å². The van der Waals surface area contributed by atoms with Gasteiger partial charge in [-0.2, -0.15) is 0 Å². The Balaban J connectivity index is 2.21. The van der Waals surface area contributed by atoms with Crippen molar-refractivity contribution in [2.75, 3.05) is 13.1 Å². The van der Waals surface area contributed by atoms with Crippen molar-refractivity contribution in [3.05, 3.63) is 0 Å². The first kappa shape index (κ1) is 11.0. The van der Waals surface area contributed by atoms with Gasteiger partial charge in [-0.05, 0) is 59.5 Å². The molecular weight excluding hydrogens is 162 g/mol. The largest absolute Gasteiger partial charge is 0.393 e. The summed E-state index contributed by atoms with van der Waals surface area (Å²) >= 11 is 0. The molecule has 2 heteroatoms. The molecule has 1 fully saturated rings. The number of likely N-dealkylation sites (tertiary alicyclic amines) is 1. The highest BCUT2D eigenvalue weighted by molar-refractivity contribution is 4.87. The number of nitrogens with zero attached hydrogens (tertiary/aromatic N) is 1. The zero-order valence-electron chi connectivity index (χ0n) is 9.21. The van der Waals surface area contributed by atoms with E-state index < -0.39 is 0 Å². The third-order valence-corrected chi connectivity index (χ3v) is 3.12. The lowest BCUT2D eigenvalue weighted by Crippen LogP contribution is -2.38. The van der Waals surface area contributed by atoms with E-state index in [9.17, 15) is 0 Å². The fourth-order valence-electron chi connectivity index (χ4n) is 2.16. The van der Waals surface area contributed by atoms with Crippen molar-refractivity contribution in [2.24, 2.45) is 0 Å². The van der Waals surface area contributed by atoms with Crippen molar-refractivity contribution < 1.29 is 5.11 Å². The molecule has 1 rings (SSSR count). The van der Waals surface area contributed by atoms with Crippen LogP contribution in [0.1, 0.15) is 46.5 Å². The molecule has 0 aromatic heterocycles. The molecular formula is C11H23NO. The molecule has 0 aromatic carbocycles. The lowest BCUT2D eigenvalue weighted by molar-refractivity contribution is 0.145. The van der Waals surface area contributed by atoms with E-state index in [1.165, 1.54) is 19.4 Å². The van der Waals surface area contributed by atoms with Crippen LogP contribution in [0.4, 0.5) is 0 Å². The molecule has 0 radical (unpaired) electrons. The Hall–Kier alpha value is -0.0800. The number of hydrogen-bond donors (Lipinski definition) is 1. The molecule has 0 saturated carbocycles. The Morgan fingerprint density at radius 2 is 2.15 bits per heavy atom. The fourth-order valence-corrected chi connectivity index (χ4v) is 2.16. The zero-order valence-corrected chi connectivity index (χ0v) is 9.21. The zero-order chi connectivity index (χ0) is 9.90. The van der Waals surface area contributed by atoms with Gasteiger partial charge in [0.15, 0.2) is 0 Å². The highest BCUT2D eigenvalue weighted by atomic mass is 16.3. The van der Waals surface area contributed by atoms with Crippen molar-refractivity contribution in [3.8, 4) is 0 Å². The van der Waals surface area contributed by atoms with Crippen LogP contribution in [0.15, 0.2) is 0 Å². The van der Waals surface area contributed by atoms with Gasteiger partial charge < -0.3 is 5.11 Å². The topological polar surface area (TPSA) is 23.5 Å². The summed E-state index contributed by atoms with van der Waals surface area (Å²) in [5.41, 5.74) is 0.401. The van der Waals surface area contributed by atoms with Gasteiger partial charge in [-0.25, -0.2) is 0 Å². The molecule has 1 saturated heterocycles. The number of aliphatic hydroxyl groups excluding tert-OH is 1. The standard InChI is InChI=1S/C11H23NO/c1-10(13)6-4-8-12-9-5-7-11(12,2)3/h10,13H,4-9H2,1-3H3. The highest BCUT2D eigenvalue weighted by Crippen LogP contribution is 2.28. The van der Waals surface area contributed by atoms with Crippen molar-refractivity contribution in [1.82, 2.24) is 4.90 Å². The fraction of sp³-hybridized carbons (Fsp3) is 1.00. The monoisotopic (exact) mass is 185 g/mol. The predicted molar refractivity (Wildman–Crippen MR) is 55.8 cm³/mol. The van der Waals surface area contributed by atoms with E-state index in [1.54, 1.807) is 0 Å². The summed E-state index contributed by atoms with van der Waals surface area (Å²) in [6.45, 7) is 8.91. The van der Waals surface area contributed by atoms with Gasteiger partial charge in [-0.1, -0.05) is 0 Å². The normalized spacial score (nSPS) is 24.9. The maximum atomic E-state index is 9.14. The Morgan fingerprint density at radius 1 is 1.46 bits per heavy atom. The van der Waals surface area contributed by atoms with Crippen LogP contribution in [-0.4, -0.2) is 34.7 Å². The van der Waals surface area contributed by atoms with E-state index in [2.05, 4.69) is 18.7 Å². The molecule has 1 heterocycles. The lowest BCUT2D eigenvalue weighted by atomic mass is 10.0. The van der Waals surface area contributed by atoms with Crippen LogP contribution >= 0.6 is 0 Å². The van der Waals surface area contributed by atoms with Crippen LogP contribution in [-0.2, 0) is 0 Å². The summed E-state index contributed by atoms with van der Waals surface area (Å²) in [7, 11) is 0. The molecule has 1 aliphatic heterocycles. The van der Waals surface area contributed by atoms with Gasteiger partial charge in [0, 0.05) is 5.54 Å². The maximum Gasteiger partial charge on any atom is 0.0512 e. The molecule has 1 unspecified atom stereocenters. The molecule has 0 aliphatic carbocycles. The van der Waals surface area contributed by atoms with E-state index in [-0.39, 0.29) is 6.10 Å². The SMILES string of the molecule is CC(O)CCCN1CCCC1(C)C. The van der Waals surface area contributed by atoms with Gasteiger partial charge in [0.2, 0.25) is 0 Å². The maximum absolute atomic E-state index is 9.14. The summed E-state index contributed by atoms with van der Waals surface area (Å²) in [5, 5.41) is 9.14. The van der Waals surface area contributed by atoms with Crippen molar-refractivity contribution >= 4 is 0 Å². The van der Waals surface area contributed by atoms with E-state index in [4.69, 9.17) is 5.11 Å². The summed E-state index contributed by atoms with van der Waals surface area (Å²) in [6, 6.07) is 0. The van der Waals surface area contributed by atoms with E-state index >= 15 is 0 Å². The molecule has 0 spiro atoms.